The molecule has 0 fully saturated rings. The highest BCUT2D eigenvalue weighted by Gasteiger charge is 2.19. The van der Waals surface area contributed by atoms with E-state index in [2.05, 4.69) is 13.0 Å². The van der Waals surface area contributed by atoms with E-state index < -0.39 is 0 Å². The smallest absolute Gasteiger partial charge is 0.0452 e. The third-order valence-electron chi connectivity index (χ3n) is 2.32. The Labute approximate surface area is 87.7 Å². The van der Waals surface area contributed by atoms with Crippen LogP contribution < -0.4 is 5.73 Å². The number of halogens is 1. The number of benzene rings is 1. The van der Waals surface area contributed by atoms with E-state index in [9.17, 15) is 0 Å². The van der Waals surface area contributed by atoms with Crippen LogP contribution in [-0.2, 0) is 5.75 Å². The molecule has 1 nitrogen and oxygen atoms in total. The van der Waals surface area contributed by atoms with Crippen molar-refractivity contribution in [3.05, 3.63) is 33.8 Å². The van der Waals surface area contributed by atoms with Gasteiger partial charge in [0, 0.05) is 22.6 Å². The first-order valence-corrected chi connectivity index (χ1v) is 5.84. The van der Waals surface area contributed by atoms with E-state index in [1.54, 1.807) is 0 Å². The minimum absolute atomic E-state index is 0.158. The summed E-state index contributed by atoms with van der Waals surface area (Å²) >= 11 is 8.00. The maximum absolute atomic E-state index is 6.14. The summed E-state index contributed by atoms with van der Waals surface area (Å²) in [5.41, 5.74) is 9.68. The van der Waals surface area contributed by atoms with Crippen molar-refractivity contribution in [2.75, 3.05) is 5.75 Å². The molecule has 0 unspecified atom stereocenters. The highest BCUT2D eigenvalue weighted by Crippen LogP contribution is 2.35. The van der Waals surface area contributed by atoms with Crippen LogP contribution in [0, 0.1) is 6.92 Å². The van der Waals surface area contributed by atoms with Crippen LogP contribution in [-0.4, -0.2) is 5.75 Å². The SMILES string of the molecule is Cc1cc(Cl)c2c(c1)[C@H](N)CSC2. The van der Waals surface area contributed by atoms with Gasteiger partial charge in [0.05, 0.1) is 0 Å². The molecule has 1 aliphatic heterocycles. The van der Waals surface area contributed by atoms with Gasteiger partial charge in [-0.1, -0.05) is 17.7 Å². The molecule has 1 heterocycles. The van der Waals surface area contributed by atoms with E-state index in [1.165, 1.54) is 16.7 Å². The molecule has 0 aliphatic carbocycles. The van der Waals surface area contributed by atoms with Gasteiger partial charge in [0.1, 0.15) is 0 Å². The highest BCUT2D eigenvalue weighted by molar-refractivity contribution is 7.98. The first kappa shape index (κ1) is 9.38. The Bertz CT molecular complexity index is 338. The molecule has 0 radical (unpaired) electrons. The minimum Gasteiger partial charge on any atom is -0.323 e. The number of hydrogen-bond acceptors (Lipinski definition) is 2. The van der Waals surface area contributed by atoms with Crippen LogP contribution in [0.4, 0.5) is 0 Å². The maximum Gasteiger partial charge on any atom is 0.0452 e. The van der Waals surface area contributed by atoms with E-state index in [0.717, 1.165) is 16.5 Å². The predicted octanol–water partition coefficient (Wildman–Crippen LogP) is 2.90. The van der Waals surface area contributed by atoms with Gasteiger partial charge < -0.3 is 5.73 Å². The minimum atomic E-state index is 0.158. The van der Waals surface area contributed by atoms with Gasteiger partial charge in [-0.05, 0) is 29.7 Å². The van der Waals surface area contributed by atoms with Gasteiger partial charge in [0.25, 0.3) is 0 Å². The van der Waals surface area contributed by atoms with Crippen LogP contribution in [0.3, 0.4) is 0 Å². The second-order valence-corrected chi connectivity index (χ2v) is 4.87. The molecular formula is C10H12ClNS. The van der Waals surface area contributed by atoms with Crippen molar-refractivity contribution in [3.8, 4) is 0 Å². The number of nitrogens with two attached hydrogens (primary N) is 1. The summed E-state index contributed by atoms with van der Waals surface area (Å²) in [6.45, 7) is 2.06. The largest absolute Gasteiger partial charge is 0.323 e. The third-order valence-corrected chi connectivity index (χ3v) is 3.74. The summed E-state index contributed by atoms with van der Waals surface area (Å²) in [7, 11) is 0. The summed E-state index contributed by atoms with van der Waals surface area (Å²) in [6.07, 6.45) is 0. The summed E-state index contributed by atoms with van der Waals surface area (Å²) in [5.74, 6) is 2.01. The Morgan fingerprint density at radius 1 is 1.54 bits per heavy atom. The van der Waals surface area contributed by atoms with Crippen LogP contribution in [0.1, 0.15) is 22.7 Å². The Balaban J connectivity index is 2.56. The Morgan fingerprint density at radius 3 is 3.08 bits per heavy atom. The zero-order chi connectivity index (χ0) is 9.42. The van der Waals surface area contributed by atoms with Crippen LogP contribution in [0.15, 0.2) is 12.1 Å². The monoisotopic (exact) mass is 213 g/mol. The fraction of sp³-hybridized carbons (Fsp3) is 0.400. The Morgan fingerprint density at radius 2 is 2.31 bits per heavy atom. The molecule has 0 saturated carbocycles. The van der Waals surface area contributed by atoms with Crippen molar-refractivity contribution in [3.63, 3.8) is 0 Å². The van der Waals surface area contributed by atoms with Crippen molar-refractivity contribution in [2.24, 2.45) is 5.73 Å². The second-order valence-electron chi connectivity index (χ2n) is 3.44. The summed E-state index contributed by atoms with van der Waals surface area (Å²) in [5, 5.41) is 0.873. The molecule has 1 aromatic carbocycles. The molecule has 0 aromatic heterocycles. The molecule has 1 atom stereocenters. The lowest BCUT2D eigenvalue weighted by Gasteiger charge is -2.23. The summed E-state index contributed by atoms with van der Waals surface area (Å²) < 4.78 is 0. The standard InChI is InChI=1S/C10H12ClNS/c1-6-2-7-8(9(11)3-6)4-13-5-10(7)12/h2-3,10H,4-5,12H2,1H3/t10-/m1/s1. The molecule has 2 rings (SSSR count). The van der Waals surface area contributed by atoms with Gasteiger partial charge in [-0.15, -0.1) is 0 Å². The van der Waals surface area contributed by atoms with Crippen molar-refractivity contribution in [2.45, 2.75) is 18.7 Å². The van der Waals surface area contributed by atoms with Gasteiger partial charge in [-0.25, -0.2) is 0 Å². The van der Waals surface area contributed by atoms with Crippen molar-refractivity contribution < 1.29 is 0 Å². The van der Waals surface area contributed by atoms with Crippen LogP contribution in [0.5, 0.6) is 0 Å². The zero-order valence-electron chi connectivity index (χ0n) is 7.51. The molecular weight excluding hydrogens is 202 g/mol. The lowest BCUT2D eigenvalue weighted by molar-refractivity contribution is 0.808. The third kappa shape index (κ3) is 1.71. The first-order valence-electron chi connectivity index (χ1n) is 4.30. The van der Waals surface area contributed by atoms with Gasteiger partial charge in [-0.2, -0.15) is 11.8 Å². The van der Waals surface area contributed by atoms with Gasteiger partial charge >= 0.3 is 0 Å². The van der Waals surface area contributed by atoms with Crippen LogP contribution in [0.25, 0.3) is 0 Å². The molecule has 0 amide bonds. The molecule has 3 heteroatoms. The maximum atomic E-state index is 6.14. The molecule has 70 valence electrons. The fourth-order valence-corrected chi connectivity index (χ4v) is 3.16. The van der Waals surface area contributed by atoms with E-state index in [1.807, 2.05) is 17.8 Å². The van der Waals surface area contributed by atoms with Crippen molar-refractivity contribution in [1.29, 1.82) is 0 Å². The van der Waals surface area contributed by atoms with Crippen molar-refractivity contribution in [1.82, 2.24) is 0 Å². The molecule has 1 aromatic rings. The number of rotatable bonds is 0. The van der Waals surface area contributed by atoms with Gasteiger partial charge in [0.15, 0.2) is 0 Å². The van der Waals surface area contributed by atoms with Crippen LogP contribution >= 0.6 is 23.4 Å². The van der Waals surface area contributed by atoms with Crippen LogP contribution in [0.2, 0.25) is 5.02 Å². The Kier molecular flexibility index (Phi) is 2.54. The highest BCUT2D eigenvalue weighted by atomic mass is 35.5. The number of fused-ring (bicyclic) bond motifs is 1. The lowest BCUT2D eigenvalue weighted by atomic mass is 10.00. The van der Waals surface area contributed by atoms with E-state index >= 15 is 0 Å². The summed E-state index contributed by atoms with van der Waals surface area (Å²) in [6, 6.07) is 4.33. The second kappa shape index (κ2) is 3.52. The average Bonchev–Trinajstić information content (AvgIpc) is 2.07. The molecule has 13 heavy (non-hydrogen) atoms. The van der Waals surface area contributed by atoms with E-state index in [0.29, 0.717) is 0 Å². The quantitative estimate of drug-likeness (QED) is 0.717. The predicted molar refractivity (Wildman–Crippen MR) is 59.3 cm³/mol. The van der Waals surface area contributed by atoms with E-state index in [-0.39, 0.29) is 6.04 Å². The molecule has 0 spiro atoms. The number of hydrogen-bond donors (Lipinski definition) is 1. The summed E-state index contributed by atoms with van der Waals surface area (Å²) in [4.78, 5) is 0. The van der Waals surface area contributed by atoms with Gasteiger partial charge in [-0.3, -0.25) is 0 Å². The fourth-order valence-electron chi connectivity index (χ4n) is 1.66. The molecule has 1 aliphatic rings. The average molecular weight is 214 g/mol. The Hall–Kier alpha value is -0.180. The van der Waals surface area contributed by atoms with Crippen molar-refractivity contribution >= 4 is 23.4 Å². The lowest BCUT2D eigenvalue weighted by Crippen LogP contribution is -2.19. The molecule has 2 N–H and O–H groups in total. The molecule has 0 saturated heterocycles. The topological polar surface area (TPSA) is 26.0 Å². The number of thioether (sulfide) groups is 1. The molecule has 0 bridgehead atoms. The normalized spacial score (nSPS) is 21.3. The zero-order valence-corrected chi connectivity index (χ0v) is 9.08. The first-order chi connectivity index (χ1) is 6.18. The van der Waals surface area contributed by atoms with Gasteiger partial charge in [0.2, 0.25) is 0 Å². The number of aryl methyl sites for hydroxylation is 1. The van der Waals surface area contributed by atoms with E-state index in [4.69, 9.17) is 17.3 Å².